The highest BCUT2D eigenvalue weighted by Gasteiger charge is 2.27. The molecule has 4 aromatic rings. The van der Waals surface area contributed by atoms with Crippen molar-refractivity contribution in [1.82, 2.24) is 9.71 Å². The lowest BCUT2D eigenvalue weighted by atomic mass is 10.1. The van der Waals surface area contributed by atoms with Crippen molar-refractivity contribution in [3.05, 3.63) is 123 Å². The van der Waals surface area contributed by atoms with Gasteiger partial charge in [0.05, 0.1) is 11.4 Å². The number of halogens is 3. The van der Waals surface area contributed by atoms with Crippen molar-refractivity contribution in [1.29, 1.82) is 0 Å². The predicted octanol–water partition coefficient (Wildman–Crippen LogP) is 6.67. The molecule has 0 bridgehead atoms. The molecule has 5 nitrogen and oxygen atoms in total. The van der Waals surface area contributed by atoms with Gasteiger partial charge in [0.15, 0.2) is 0 Å². The number of carbonyl (C=O) groups is 1. The number of fused-ring (bicyclic) bond motifs is 1. The van der Waals surface area contributed by atoms with E-state index in [2.05, 4.69) is 9.71 Å². The van der Waals surface area contributed by atoms with Gasteiger partial charge >= 0.3 is 0 Å². The molecule has 2 atom stereocenters. The molecule has 188 valence electrons. The summed E-state index contributed by atoms with van der Waals surface area (Å²) in [6.45, 7) is 0.272. The average molecular weight is 554 g/mol. The maximum absolute atomic E-state index is 13.7. The van der Waals surface area contributed by atoms with Crippen molar-refractivity contribution in [2.24, 2.45) is 0 Å². The zero-order valence-corrected chi connectivity index (χ0v) is 21.9. The van der Waals surface area contributed by atoms with Crippen LogP contribution in [0.15, 0.2) is 90.0 Å². The monoisotopic (exact) mass is 553 g/mol. The van der Waals surface area contributed by atoms with Gasteiger partial charge in [0.1, 0.15) is 22.0 Å². The number of aromatic nitrogens is 1. The van der Waals surface area contributed by atoms with Gasteiger partial charge in [0.2, 0.25) is 0 Å². The Bertz CT molecular complexity index is 1470. The average Bonchev–Trinajstić information content (AvgIpc) is 3.30. The van der Waals surface area contributed by atoms with E-state index in [1.54, 1.807) is 41.4 Å². The van der Waals surface area contributed by atoms with Crippen molar-refractivity contribution in [2.45, 2.75) is 30.3 Å². The van der Waals surface area contributed by atoms with E-state index in [1.165, 1.54) is 24.3 Å². The van der Waals surface area contributed by atoms with E-state index in [0.717, 1.165) is 29.5 Å². The van der Waals surface area contributed by atoms with Crippen LogP contribution in [0.5, 0.6) is 0 Å². The van der Waals surface area contributed by atoms with Crippen LogP contribution in [0.2, 0.25) is 10.2 Å². The maximum Gasteiger partial charge on any atom is 0.258 e. The molecule has 0 spiro atoms. The van der Waals surface area contributed by atoms with Gasteiger partial charge in [-0.2, -0.15) is 0 Å². The molecule has 0 radical (unpaired) electrons. The minimum atomic E-state index is -1.51. The quantitative estimate of drug-likeness (QED) is 0.260. The first kappa shape index (κ1) is 25.5. The molecule has 1 amide bonds. The summed E-state index contributed by atoms with van der Waals surface area (Å²) in [5, 5.41) is 0.845. The van der Waals surface area contributed by atoms with Crippen LogP contribution in [0.1, 0.15) is 39.5 Å². The third kappa shape index (κ3) is 5.91. The smallest absolute Gasteiger partial charge is 0.258 e. The summed E-state index contributed by atoms with van der Waals surface area (Å²) < 4.78 is 29.4. The fourth-order valence-corrected chi connectivity index (χ4v) is 5.70. The number of carbonyl (C=O) groups excluding carboxylic acids is 1. The van der Waals surface area contributed by atoms with Gasteiger partial charge in [-0.3, -0.25) is 4.79 Å². The molecule has 0 fully saturated rings. The molecule has 9 heteroatoms. The van der Waals surface area contributed by atoms with Crippen LogP contribution >= 0.6 is 23.2 Å². The van der Waals surface area contributed by atoms with E-state index in [4.69, 9.17) is 23.2 Å². The molecule has 1 heterocycles. The van der Waals surface area contributed by atoms with E-state index in [9.17, 15) is 13.4 Å². The first-order valence-corrected chi connectivity index (χ1v) is 13.5. The van der Waals surface area contributed by atoms with Crippen LogP contribution < -0.4 is 9.62 Å². The van der Waals surface area contributed by atoms with E-state index in [1.807, 2.05) is 24.3 Å². The van der Waals surface area contributed by atoms with Crippen LogP contribution in [-0.2, 0) is 24.0 Å². The number of benzene rings is 3. The van der Waals surface area contributed by atoms with Gasteiger partial charge in [-0.15, -0.1) is 0 Å². The number of nitrogens with one attached hydrogen (secondary N) is 1. The Hall–Kier alpha value is -3.10. The van der Waals surface area contributed by atoms with Crippen LogP contribution in [0, 0.1) is 5.82 Å². The summed E-state index contributed by atoms with van der Waals surface area (Å²) in [5.41, 5.74) is 4.07. The Morgan fingerprint density at radius 1 is 1.05 bits per heavy atom. The number of aryl methyl sites for hydroxylation is 1. The number of anilines is 1. The molecule has 1 aromatic heterocycles. The normalized spacial score (nSPS) is 15.3. The molecule has 5 rings (SSSR count). The molecule has 3 aromatic carbocycles. The summed E-state index contributed by atoms with van der Waals surface area (Å²) in [5.74, 6) is -0.591. The van der Waals surface area contributed by atoms with Crippen molar-refractivity contribution < 1.29 is 13.4 Å². The molecule has 1 aliphatic carbocycles. The lowest BCUT2D eigenvalue weighted by Gasteiger charge is -2.25. The summed E-state index contributed by atoms with van der Waals surface area (Å²) in [6.07, 6.45) is 3.22. The van der Waals surface area contributed by atoms with Crippen molar-refractivity contribution in [3.8, 4) is 0 Å². The SMILES string of the molecule is O=C(c1cccc(Cl)c1)N(Cc1ccc(Cl)nc1)c1ccc2c(c1)C(NS(=O)c1ccc(F)cc1)CC2. The number of amides is 1. The topological polar surface area (TPSA) is 62.3 Å². The Morgan fingerprint density at radius 3 is 2.59 bits per heavy atom. The first-order valence-electron chi connectivity index (χ1n) is 11.6. The summed E-state index contributed by atoms with van der Waals surface area (Å²) in [7, 11) is -1.51. The molecule has 2 unspecified atom stereocenters. The molecule has 0 aliphatic heterocycles. The number of rotatable bonds is 7. The van der Waals surface area contributed by atoms with Gasteiger partial charge in [-0.05, 0) is 90.2 Å². The standard InChI is InChI=1S/C28H22Cl2FN3O2S/c29-21-3-1-2-20(14-21)28(35)34(17-18-4-13-27(30)32-16-18)23-9-5-19-6-12-26(25(19)15-23)33-37(36)24-10-7-22(31)8-11-24/h1-5,7-11,13-16,26,33H,6,12,17H2. The molecule has 1 N–H and O–H groups in total. The Labute approximate surface area is 226 Å². The minimum Gasteiger partial charge on any atom is -0.304 e. The van der Waals surface area contributed by atoms with Crippen molar-refractivity contribution >= 4 is 45.8 Å². The number of hydrogen-bond donors (Lipinski definition) is 1. The van der Waals surface area contributed by atoms with Crippen LogP contribution in [0.3, 0.4) is 0 Å². The van der Waals surface area contributed by atoms with Gasteiger partial charge in [0, 0.05) is 28.5 Å². The van der Waals surface area contributed by atoms with Crippen LogP contribution in [0.25, 0.3) is 0 Å². The van der Waals surface area contributed by atoms with Crippen molar-refractivity contribution in [3.63, 3.8) is 0 Å². The molecule has 0 saturated carbocycles. The lowest BCUT2D eigenvalue weighted by molar-refractivity contribution is 0.0985. The van der Waals surface area contributed by atoms with Gasteiger partial charge < -0.3 is 4.90 Å². The highest BCUT2D eigenvalue weighted by Crippen LogP contribution is 2.35. The second-order valence-corrected chi connectivity index (χ2v) is 10.8. The first-order chi connectivity index (χ1) is 17.9. The molecule has 37 heavy (non-hydrogen) atoms. The second-order valence-electron chi connectivity index (χ2n) is 8.71. The van der Waals surface area contributed by atoms with Crippen molar-refractivity contribution in [2.75, 3.05) is 4.90 Å². The van der Waals surface area contributed by atoms with Crippen LogP contribution in [-0.4, -0.2) is 15.1 Å². The zero-order chi connectivity index (χ0) is 25.9. The Balaban J connectivity index is 1.46. The van der Waals surface area contributed by atoms with Gasteiger partial charge in [-0.25, -0.2) is 18.3 Å². The molecular weight excluding hydrogens is 532 g/mol. The third-order valence-electron chi connectivity index (χ3n) is 6.24. The van der Waals surface area contributed by atoms with Gasteiger partial charge in [-0.1, -0.05) is 41.4 Å². The highest BCUT2D eigenvalue weighted by atomic mass is 35.5. The molecular formula is C28H22Cl2FN3O2S. The Morgan fingerprint density at radius 2 is 1.86 bits per heavy atom. The summed E-state index contributed by atoms with van der Waals surface area (Å²) in [6, 6.07) is 21.7. The fourth-order valence-electron chi connectivity index (χ4n) is 4.38. The number of pyridine rings is 1. The largest absolute Gasteiger partial charge is 0.304 e. The van der Waals surface area contributed by atoms with Gasteiger partial charge in [0.25, 0.3) is 5.91 Å². The zero-order valence-electron chi connectivity index (χ0n) is 19.5. The molecule has 0 saturated heterocycles. The van der Waals surface area contributed by atoms with Crippen LogP contribution in [0.4, 0.5) is 10.1 Å². The van der Waals surface area contributed by atoms with E-state index >= 15 is 0 Å². The lowest BCUT2D eigenvalue weighted by Crippen LogP contribution is -2.31. The fraction of sp³-hybridized carbons (Fsp3) is 0.143. The minimum absolute atomic E-state index is 0.179. The predicted molar refractivity (Wildman–Crippen MR) is 145 cm³/mol. The van der Waals surface area contributed by atoms with E-state index in [0.29, 0.717) is 26.3 Å². The number of nitrogens with zero attached hydrogens (tertiary/aromatic N) is 2. The second kappa shape index (κ2) is 11.1. The van der Waals surface area contributed by atoms with E-state index < -0.39 is 11.0 Å². The summed E-state index contributed by atoms with van der Waals surface area (Å²) in [4.78, 5) is 20.0. The molecule has 1 aliphatic rings. The highest BCUT2D eigenvalue weighted by molar-refractivity contribution is 7.83. The summed E-state index contributed by atoms with van der Waals surface area (Å²) >= 11 is 12.1. The van der Waals surface area contributed by atoms with E-state index in [-0.39, 0.29) is 24.3 Å². The Kier molecular flexibility index (Phi) is 7.67. The third-order valence-corrected chi connectivity index (χ3v) is 7.90. The maximum atomic E-state index is 13.7. The number of hydrogen-bond acceptors (Lipinski definition) is 3.